The van der Waals surface area contributed by atoms with Gasteiger partial charge in [0.25, 0.3) is 0 Å². The molecule has 2 saturated heterocycles. The van der Waals surface area contributed by atoms with Crippen molar-refractivity contribution >= 4 is 11.8 Å². The first-order valence-electron chi connectivity index (χ1n) is 3.76. The molecule has 0 amide bonds. The fraction of sp³-hybridized carbons (Fsp3) is 1.00. The lowest BCUT2D eigenvalue weighted by molar-refractivity contribution is 0.247. The number of hydrogen-bond donors (Lipinski definition) is 1. The highest BCUT2D eigenvalue weighted by Gasteiger charge is 2.29. The van der Waals surface area contributed by atoms with E-state index in [2.05, 4.69) is 17.1 Å². The van der Waals surface area contributed by atoms with Gasteiger partial charge in [-0.1, -0.05) is 0 Å². The Hall–Kier alpha value is 0.310. The molecule has 9 heavy (non-hydrogen) atoms. The third-order valence-electron chi connectivity index (χ3n) is 2.27. The molecule has 2 heterocycles. The van der Waals surface area contributed by atoms with Crippen LogP contribution < -0.4 is 5.32 Å². The molecule has 3 fully saturated rings. The molecule has 3 aliphatic rings. The van der Waals surface area contributed by atoms with E-state index in [1.807, 2.05) is 0 Å². The zero-order valence-electron chi connectivity index (χ0n) is 5.60. The summed E-state index contributed by atoms with van der Waals surface area (Å²) in [4.78, 5) is 0. The Bertz CT molecular complexity index is 83.6. The van der Waals surface area contributed by atoms with Crippen LogP contribution in [0.15, 0.2) is 0 Å². The van der Waals surface area contributed by atoms with Gasteiger partial charge in [0.05, 0.1) is 0 Å². The summed E-state index contributed by atoms with van der Waals surface area (Å²) in [6.45, 7) is 1.24. The number of fused-ring (bicyclic) bond motifs is 4. The molecule has 1 saturated carbocycles. The van der Waals surface area contributed by atoms with Crippen LogP contribution in [0.25, 0.3) is 0 Å². The quantitative estimate of drug-likeness (QED) is 0.545. The average Bonchev–Trinajstić information content (AvgIpc) is 1.54. The number of thioether (sulfide) groups is 1. The fourth-order valence-electron chi connectivity index (χ4n) is 1.62. The molecule has 0 aromatic rings. The van der Waals surface area contributed by atoms with Crippen molar-refractivity contribution in [2.24, 2.45) is 5.92 Å². The Morgan fingerprint density at radius 3 is 3.11 bits per heavy atom. The maximum absolute atomic E-state index is 3.53. The van der Waals surface area contributed by atoms with E-state index >= 15 is 0 Å². The third kappa shape index (κ3) is 1.24. The van der Waals surface area contributed by atoms with E-state index in [9.17, 15) is 0 Å². The Morgan fingerprint density at radius 1 is 1.33 bits per heavy atom. The predicted molar refractivity (Wildman–Crippen MR) is 41.8 cm³/mol. The Kier molecular flexibility index (Phi) is 1.68. The third-order valence-corrected chi connectivity index (χ3v) is 3.47. The van der Waals surface area contributed by atoms with Crippen LogP contribution in [0.5, 0.6) is 0 Å². The van der Waals surface area contributed by atoms with E-state index in [1.54, 1.807) is 0 Å². The zero-order chi connectivity index (χ0) is 6.10. The highest BCUT2D eigenvalue weighted by molar-refractivity contribution is 7.99. The van der Waals surface area contributed by atoms with Crippen molar-refractivity contribution in [1.29, 1.82) is 0 Å². The summed E-state index contributed by atoms with van der Waals surface area (Å²) in [6.07, 6.45) is 2.90. The molecule has 0 aromatic carbocycles. The first-order valence-corrected chi connectivity index (χ1v) is 4.92. The minimum Gasteiger partial charge on any atom is -0.313 e. The molecule has 3 rings (SSSR count). The highest BCUT2D eigenvalue weighted by Crippen LogP contribution is 2.31. The first-order chi connectivity index (χ1) is 4.45. The number of rotatable bonds is 0. The van der Waals surface area contributed by atoms with Crippen LogP contribution in [0.4, 0.5) is 0 Å². The van der Waals surface area contributed by atoms with Crippen LogP contribution in [0.3, 0.4) is 0 Å². The van der Waals surface area contributed by atoms with Crippen molar-refractivity contribution in [3.63, 3.8) is 0 Å². The smallest absolute Gasteiger partial charge is 0.00732 e. The molecule has 0 aromatic heterocycles. The number of hydrogen-bond acceptors (Lipinski definition) is 2. The fourth-order valence-corrected chi connectivity index (χ4v) is 2.66. The van der Waals surface area contributed by atoms with Gasteiger partial charge in [-0.05, 0) is 24.5 Å². The van der Waals surface area contributed by atoms with Gasteiger partial charge in [-0.2, -0.15) is 11.8 Å². The molecule has 2 aliphatic heterocycles. The van der Waals surface area contributed by atoms with Gasteiger partial charge in [-0.25, -0.2) is 0 Å². The second kappa shape index (κ2) is 2.51. The van der Waals surface area contributed by atoms with Crippen LogP contribution >= 0.6 is 11.8 Å². The van der Waals surface area contributed by atoms with Crippen molar-refractivity contribution in [2.45, 2.75) is 18.9 Å². The van der Waals surface area contributed by atoms with Crippen molar-refractivity contribution in [2.75, 3.05) is 18.1 Å². The second-order valence-electron chi connectivity index (χ2n) is 3.06. The first kappa shape index (κ1) is 6.05. The van der Waals surface area contributed by atoms with Gasteiger partial charge < -0.3 is 5.32 Å². The van der Waals surface area contributed by atoms with Gasteiger partial charge in [0.15, 0.2) is 0 Å². The van der Waals surface area contributed by atoms with E-state index in [0.717, 1.165) is 12.0 Å². The van der Waals surface area contributed by atoms with E-state index in [0.29, 0.717) is 0 Å². The molecule has 1 aliphatic carbocycles. The van der Waals surface area contributed by atoms with E-state index in [4.69, 9.17) is 0 Å². The normalized spacial score (nSPS) is 42.7. The molecule has 52 valence electrons. The summed E-state index contributed by atoms with van der Waals surface area (Å²) in [6, 6.07) is 0.899. The van der Waals surface area contributed by atoms with Crippen molar-refractivity contribution < 1.29 is 0 Å². The minimum atomic E-state index is 0.899. The van der Waals surface area contributed by atoms with Gasteiger partial charge in [-0.3, -0.25) is 0 Å². The Labute approximate surface area is 60.6 Å². The molecular formula is C7H13NS. The number of nitrogens with one attached hydrogen (secondary N) is 1. The minimum absolute atomic E-state index is 0.899. The molecule has 1 N–H and O–H groups in total. The van der Waals surface area contributed by atoms with E-state index in [-0.39, 0.29) is 0 Å². The van der Waals surface area contributed by atoms with Gasteiger partial charge in [0, 0.05) is 18.3 Å². The lowest BCUT2D eigenvalue weighted by Crippen LogP contribution is -2.44. The topological polar surface area (TPSA) is 12.0 Å². The SMILES string of the molecule is C1CSCC2CC(C2)N1. The van der Waals surface area contributed by atoms with Gasteiger partial charge >= 0.3 is 0 Å². The molecule has 0 spiro atoms. The van der Waals surface area contributed by atoms with E-state index in [1.165, 1.54) is 30.9 Å². The van der Waals surface area contributed by atoms with Crippen LogP contribution in [-0.4, -0.2) is 24.1 Å². The van der Waals surface area contributed by atoms with Crippen molar-refractivity contribution in [1.82, 2.24) is 5.32 Å². The van der Waals surface area contributed by atoms with Crippen LogP contribution in [0.1, 0.15) is 12.8 Å². The monoisotopic (exact) mass is 143 g/mol. The molecule has 1 nitrogen and oxygen atoms in total. The van der Waals surface area contributed by atoms with Crippen molar-refractivity contribution in [3.05, 3.63) is 0 Å². The summed E-state index contributed by atoms with van der Waals surface area (Å²) in [7, 11) is 0. The van der Waals surface area contributed by atoms with E-state index < -0.39 is 0 Å². The predicted octanol–water partition coefficient (Wildman–Crippen LogP) is 1.10. The molecular weight excluding hydrogens is 130 g/mol. The van der Waals surface area contributed by atoms with Crippen molar-refractivity contribution in [3.8, 4) is 0 Å². The summed E-state index contributed by atoms with van der Waals surface area (Å²) in [5.74, 6) is 3.82. The maximum Gasteiger partial charge on any atom is 0.00732 e. The summed E-state index contributed by atoms with van der Waals surface area (Å²) < 4.78 is 0. The lowest BCUT2D eigenvalue weighted by Gasteiger charge is -2.38. The molecule has 0 radical (unpaired) electrons. The maximum atomic E-state index is 3.53. The van der Waals surface area contributed by atoms with Gasteiger partial charge in [-0.15, -0.1) is 0 Å². The summed E-state index contributed by atoms with van der Waals surface area (Å²) >= 11 is 2.11. The molecule has 2 heteroatoms. The van der Waals surface area contributed by atoms with Crippen LogP contribution in [0.2, 0.25) is 0 Å². The molecule has 0 atom stereocenters. The largest absolute Gasteiger partial charge is 0.313 e. The lowest BCUT2D eigenvalue weighted by atomic mass is 9.81. The second-order valence-corrected chi connectivity index (χ2v) is 4.21. The Morgan fingerprint density at radius 2 is 2.22 bits per heavy atom. The summed E-state index contributed by atoms with van der Waals surface area (Å²) in [5.41, 5.74) is 0. The van der Waals surface area contributed by atoms with Crippen LogP contribution in [0, 0.1) is 5.92 Å². The van der Waals surface area contributed by atoms with Crippen LogP contribution in [-0.2, 0) is 0 Å². The average molecular weight is 143 g/mol. The highest BCUT2D eigenvalue weighted by atomic mass is 32.2. The molecule has 0 unspecified atom stereocenters. The molecule has 2 bridgehead atoms. The Balaban J connectivity index is 1.85. The van der Waals surface area contributed by atoms with Gasteiger partial charge in [0.1, 0.15) is 0 Å². The zero-order valence-corrected chi connectivity index (χ0v) is 6.41. The van der Waals surface area contributed by atoms with Gasteiger partial charge in [0.2, 0.25) is 0 Å². The summed E-state index contributed by atoms with van der Waals surface area (Å²) in [5, 5.41) is 3.53. The standard InChI is InChI=1S/C7H13NS/c1-2-9-5-6-3-7(4-6)8-1/h6-8H,1-5H2.